The number of alkyl carbamates (subject to hydrolysis) is 1. The largest absolute Gasteiger partial charge is 0.449 e. The Kier molecular flexibility index (Phi) is 5.16. The molecule has 0 saturated carbocycles. The molecule has 0 saturated heterocycles. The predicted molar refractivity (Wildman–Crippen MR) is 113 cm³/mol. The third kappa shape index (κ3) is 3.91. The van der Waals surface area contributed by atoms with Gasteiger partial charge >= 0.3 is 6.09 Å². The van der Waals surface area contributed by atoms with Crippen molar-refractivity contribution in [3.8, 4) is 11.1 Å². The monoisotopic (exact) mass is 387 g/mol. The van der Waals surface area contributed by atoms with Gasteiger partial charge in [0.05, 0.1) is 11.4 Å². The second kappa shape index (κ2) is 8.06. The molecule has 1 aliphatic rings. The number of para-hydroxylation sites is 2. The molecular weight excluding hydrogens is 366 g/mol. The standard InChI is InChI=1S/C23H21N3O3/c24-20-11-5-6-12-21(20)26-22(27)13-25-23(28)29-14-19-17-9-3-1-7-15(17)16-8-2-4-10-18(16)19/h1-12,19H,13-14,24H2,(H,25,28)(H,26,27). The van der Waals surface area contributed by atoms with Crippen LogP contribution >= 0.6 is 0 Å². The number of carbonyl (C=O) groups excluding carboxylic acids is 2. The van der Waals surface area contributed by atoms with E-state index in [4.69, 9.17) is 10.5 Å². The van der Waals surface area contributed by atoms with E-state index in [2.05, 4.69) is 34.9 Å². The van der Waals surface area contributed by atoms with Crippen LogP contribution in [0.4, 0.5) is 16.2 Å². The van der Waals surface area contributed by atoms with Crippen LogP contribution < -0.4 is 16.4 Å². The number of amides is 2. The van der Waals surface area contributed by atoms with Crippen molar-refractivity contribution in [2.75, 3.05) is 24.2 Å². The molecule has 146 valence electrons. The molecular formula is C23H21N3O3. The first kappa shape index (κ1) is 18.6. The topological polar surface area (TPSA) is 93.5 Å². The molecule has 0 atom stereocenters. The minimum absolute atomic E-state index is 0.0221. The van der Waals surface area contributed by atoms with E-state index in [-0.39, 0.29) is 25.0 Å². The van der Waals surface area contributed by atoms with Crippen molar-refractivity contribution in [2.45, 2.75) is 5.92 Å². The van der Waals surface area contributed by atoms with Crippen LogP contribution in [0.25, 0.3) is 11.1 Å². The Balaban J connectivity index is 1.33. The molecule has 0 unspecified atom stereocenters. The zero-order chi connectivity index (χ0) is 20.2. The van der Waals surface area contributed by atoms with E-state index >= 15 is 0 Å². The van der Waals surface area contributed by atoms with Crippen LogP contribution in [-0.2, 0) is 9.53 Å². The molecule has 3 aromatic carbocycles. The van der Waals surface area contributed by atoms with Crippen LogP contribution in [0.5, 0.6) is 0 Å². The molecule has 29 heavy (non-hydrogen) atoms. The van der Waals surface area contributed by atoms with Gasteiger partial charge < -0.3 is 21.1 Å². The third-order valence-corrected chi connectivity index (χ3v) is 4.97. The summed E-state index contributed by atoms with van der Waals surface area (Å²) >= 11 is 0. The first-order valence-electron chi connectivity index (χ1n) is 9.36. The summed E-state index contributed by atoms with van der Waals surface area (Å²) < 4.78 is 5.41. The van der Waals surface area contributed by atoms with E-state index in [0.717, 1.165) is 22.3 Å². The van der Waals surface area contributed by atoms with Crippen molar-refractivity contribution in [1.29, 1.82) is 0 Å². The molecule has 3 aromatic rings. The van der Waals surface area contributed by atoms with Crippen molar-refractivity contribution >= 4 is 23.4 Å². The van der Waals surface area contributed by atoms with E-state index in [9.17, 15) is 9.59 Å². The molecule has 0 spiro atoms. The highest BCUT2D eigenvalue weighted by molar-refractivity contribution is 5.96. The van der Waals surface area contributed by atoms with Crippen molar-refractivity contribution in [3.05, 3.63) is 83.9 Å². The van der Waals surface area contributed by atoms with E-state index < -0.39 is 6.09 Å². The first-order valence-corrected chi connectivity index (χ1v) is 9.36. The van der Waals surface area contributed by atoms with Gasteiger partial charge in [-0.1, -0.05) is 60.7 Å². The molecule has 0 bridgehead atoms. The third-order valence-electron chi connectivity index (χ3n) is 4.97. The highest BCUT2D eigenvalue weighted by Crippen LogP contribution is 2.44. The zero-order valence-electron chi connectivity index (χ0n) is 15.7. The zero-order valence-corrected chi connectivity index (χ0v) is 15.7. The van der Waals surface area contributed by atoms with Crippen molar-refractivity contribution in [1.82, 2.24) is 5.32 Å². The fraction of sp³-hybridized carbons (Fsp3) is 0.130. The van der Waals surface area contributed by atoms with Gasteiger partial charge in [0.25, 0.3) is 0 Å². The summed E-state index contributed by atoms with van der Waals surface area (Å²) in [6.07, 6.45) is -0.636. The van der Waals surface area contributed by atoms with Crippen LogP contribution in [0.2, 0.25) is 0 Å². The Bertz CT molecular complexity index is 1020. The van der Waals surface area contributed by atoms with E-state index in [1.54, 1.807) is 24.3 Å². The number of hydrogen-bond donors (Lipinski definition) is 3. The van der Waals surface area contributed by atoms with Gasteiger partial charge in [-0.05, 0) is 34.4 Å². The van der Waals surface area contributed by atoms with E-state index in [1.165, 1.54) is 0 Å². The number of ether oxygens (including phenoxy) is 1. The summed E-state index contributed by atoms with van der Waals surface area (Å²) in [7, 11) is 0. The maximum absolute atomic E-state index is 12.1. The predicted octanol–water partition coefficient (Wildman–Crippen LogP) is 3.75. The van der Waals surface area contributed by atoms with Crippen LogP contribution in [0.15, 0.2) is 72.8 Å². The van der Waals surface area contributed by atoms with E-state index in [1.807, 2.05) is 24.3 Å². The Labute approximate surface area is 168 Å². The normalized spacial score (nSPS) is 12.0. The number of fused-ring (bicyclic) bond motifs is 3. The molecule has 0 fully saturated rings. The van der Waals surface area contributed by atoms with Gasteiger partial charge in [-0.25, -0.2) is 4.79 Å². The van der Waals surface area contributed by atoms with Crippen molar-refractivity contribution < 1.29 is 14.3 Å². The molecule has 0 heterocycles. The number of benzene rings is 3. The second-order valence-corrected chi connectivity index (χ2v) is 6.81. The van der Waals surface area contributed by atoms with Gasteiger partial charge in [0.2, 0.25) is 5.91 Å². The number of nitrogens with one attached hydrogen (secondary N) is 2. The number of rotatable bonds is 5. The van der Waals surface area contributed by atoms with Gasteiger partial charge in [0.15, 0.2) is 0 Å². The minimum atomic E-state index is -0.636. The number of nitrogen functional groups attached to an aromatic ring is 1. The van der Waals surface area contributed by atoms with Gasteiger partial charge in [-0.15, -0.1) is 0 Å². The summed E-state index contributed by atoms with van der Waals surface area (Å²) in [4.78, 5) is 24.1. The van der Waals surface area contributed by atoms with Crippen LogP contribution in [0, 0.1) is 0 Å². The fourth-order valence-electron chi connectivity index (χ4n) is 3.61. The Morgan fingerprint density at radius 1 is 0.862 bits per heavy atom. The average molecular weight is 387 g/mol. The molecule has 6 nitrogen and oxygen atoms in total. The molecule has 1 aliphatic carbocycles. The fourth-order valence-corrected chi connectivity index (χ4v) is 3.61. The summed E-state index contributed by atoms with van der Waals surface area (Å²) in [6.45, 7) is -0.00186. The molecule has 0 aromatic heterocycles. The quantitative estimate of drug-likeness (QED) is 0.581. The molecule has 4 rings (SSSR count). The Hall–Kier alpha value is -3.80. The number of anilines is 2. The summed E-state index contributed by atoms with van der Waals surface area (Å²) in [5.41, 5.74) is 11.4. The average Bonchev–Trinajstić information content (AvgIpc) is 3.06. The molecule has 2 amide bonds. The van der Waals surface area contributed by atoms with E-state index in [0.29, 0.717) is 11.4 Å². The van der Waals surface area contributed by atoms with Crippen molar-refractivity contribution in [3.63, 3.8) is 0 Å². The molecule has 0 radical (unpaired) electrons. The lowest BCUT2D eigenvalue weighted by atomic mass is 9.98. The van der Waals surface area contributed by atoms with Crippen LogP contribution in [-0.4, -0.2) is 25.2 Å². The lowest BCUT2D eigenvalue weighted by Crippen LogP contribution is -2.34. The smallest absolute Gasteiger partial charge is 0.407 e. The van der Waals surface area contributed by atoms with Crippen LogP contribution in [0.1, 0.15) is 17.0 Å². The number of hydrogen-bond acceptors (Lipinski definition) is 4. The minimum Gasteiger partial charge on any atom is -0.449 e. The molecule has 0 aliphatic heterocycles. The van der Waals surface area contributed by atoms with Crippen molar-refractivity contribution in [2.24, 2.45) is 0 Å². The summed E-state index contributed by atoms with van der Waals surface area (Å²) in [5.74, 6) is -0.400. The summed E-state index contributed by atoms with van der Waals surface area (Å²) in [5, 5.41) is 5.13. The lowest BCUT2D eigenvalue weighted by molar-refractivity contribution is -0.115. The van der Waals surface area contributed by atoms with Gasteiger partial charge in [0, 0.05) is 5.92 Å². The van der Waals surface area contributed by atoms with Gasteiger partial charge in [-0.3, -0.25) is 4.79 Å². The highest BCUT2D eigenvalue weighted by Gasteiger charge is 2.28. The first-order chi connectivity index (χ1) is 14.1. The Morgan fingerprint density at radius 2 is 1.45 bits per heavy atom. The van der Waals surface area contributed by atoms with Gasteiger partial charge in [0.1, 0.15) is 13.2 Å². The lowest BCUT2D eigenvalue weighted by Gasteiger charge is -2.14. The Morgan fingerprint density at radius 3 is 2.10 bits per heavy atom. The summed E-state index contributed by atoms with van der Waals surface area (Å²) in [6, 6.07) is 23.2. The highest BCUT2D eigenvalue weighted by atomic mass is 16.5. The molecule has 6 heteroatoms. The second-order valence-electron chi connectivity index (χ2n) is 6.81. The number of carbonyl (C=O) groups is 2. The SMILES string of the molecule is Nc1ccccc1NC(=O)CNC(=O)OCC1c2ccccc2-c2ccccc21. The van der Waals surface area contributed by atoms with Gasteiger partial charge in [-0.2, -0.15) is 0 Å². The molecule has 4 N–H and O–H groups in total. The van der Waals surface area contributed by atoms with Crippen LogP contribution in [0.3, 0.4) is 0 Å². The maximum atomic E-state index is 12.1. The maximum Gasteiger partial charge on any atom is 0.407 e. The number of nitrogens with two attached hydrogens (primary N) is 1.